The Balaban J connectivity index is 1.63. The van der Waals surface area contributed by atoms with Crippen LogP contribution in [0.3, 0.4) is 0 Å². The zero-order valence-electron chi connectivity index (χ0n) is 11.0. The van der Waals surface area contributed by atoms with Crippen molar-refractivity contribution in [3.05, 3.63) is 0 Å². The number of carbonyl (C=O) groups excluding carboxylic acids is 1. The van der Waals surface area contributed by atoms with E-state index in [1.54, 1.807) is 0 Å². The maximum Gasteiger partial charge on any atom is 0.252 e. The van der Waals surface area contributed by atoms with Gasteiger partial charge in [0, 0.05) is 13.1 Å². The number of hydrogen-bond acceptors (Lipinski definition) is 3. The molecule has 2 N–H and O–H groups in total. The van der Waals surface area contributed by atoms with Gasteiger partial charge in [0.1, 0.15) is 5.54 Å². The van der Waals surface area contributed by atoms with E-state index in [0.717, 1.165) is 32.5 Å². The average Bonchev–Trinajstić information content (AvgIpc) is 3.10. The van der Waals surface area contributed by atoms with E-state index in [1.165, 1.54) is 19.3 Å². The molecule has 1 saturated carbocycles. The van der Waals surface area contributed by atoms with Crippen LogP contribution >= 0.6 is 0 Å². The van der Waals surface area contributed by atoms with E-state index in [4.69, 9.17) is 0 Å². The lowest BCUT2D eigenvalue weighted by Gasteiger charge is -2.37. The molecule has 3 rings (SSSR count). The number of likely N-dealkylation sites (tertiary alicyclic amines) is 1. The molecule has 0 radical (unpaired) electrons. The highest BCUT2D eigenvalue weighted by Gasteiger charge is 2.47. The summed E-state index contributed by atoms with van der Waals surface area (Å²) in [6.45, 7) is 5.35. The van der Waals surface area contributed by atoms with Crippen molar-refractivity contribution in [1.29, 1.82) is 0 Å². The first-order chi connectivity index (χ1) is 8.72. The molecule has 0 aromatic carbocycles. The van der Waals surface area contributed by atoms with Gasteiger partial charge in [-0.1, -0.05) is 6.92 Å². The van der Waals surface area contributed by atoms with Crippen molar-refractivity contribution in [1.82, 2.24) is 15.5 Å². The maximum absolute atomic E-state index is 12.2. The standard InChI is InChI=1S/C13H22N4O/c1-2-7-17-8-5-13(6-9-17)11(18)15-12(16-13)14-10-3-4-10/h10H,2-9H2,1H3,(H2,14,15,16,18). The average molecular weight is 250 g/mol. The molecule has 0 atom stereocenters. The molecule has 0 unspecified atom stereocenters. The second-order valence-corrected chi connectivity index (χ2v) is 5.71. The number of amides is 1. The highest BCUT2D eigenvalue weighted by atomic mass is 16.2. The van der Waals surface area contributed by atoms with Gasteiger partial charge in [-0.2, -0.15) is 0 Å². The highest BCUT2D eigenvalue weighted by Crippen LogP contribution is 2.28. The highest BCUT2D eigenvalue weighted by molar-refractivity contribution is 6.09. The third kappa shape index (κ3) is 2.23. The van der Waals surface area contributed by atoms with Crippen molar-refractivity contribution in [2.24, 2.45) is 4.99 Å². The van der Waals surface area contributed by atoms with E-state index >= 15 is 0 Å². The molecule has 1 amide bonds. The van der Waals surface area contributed by atoms with Crippen molar-refractivity contribution in [3.63, 3.8) is 0 Å². The number of nitrogens with one attached hydrogen (secondary N) is 2. The van der Waals surface area contributed by atoms with Gasteiger partial charge in [-0.25, -0.2) is 4.99 Å². The minimum atomic E-state index is -0.377. The van der Waals surface area contributed by atoms with Crippen LogP contribution in [0.1, 0.15) is 39.0 Å². The smallest absolute Gasteiger partial charge is 0.252 e. The Morgan fingerprint density at radius 1 is 1.39 bits per heavy atom. The number of aliphatic imine (C=N–C) groups is 1. The summed E-state index contributed by atoms with van der Waals surface area (Å²) < 4.78 is 0. The second-order valence-electron chi connectivity index (χ2n) is 5.71. The van der Waals surface area contributed by atoms with Crippen molar-refractivity contribution < 1.29 is 4.79 Å². The van der Waals surface area contributed by atoms with E-state index in [0.29, 0.717) is 12.0 Å². The minimum absolute atomic E-state index is 0.123. The molecule has 0 aromatic heterocycles. The summed E-state index contributed by atoms with van der Waals surface area (Å²) in [6, 6.07) is 0.447. The number of carbonyl (C=O) groups is 1. The quantitative estimate of drug-likeness (QED) is 0.765. The van der Waals surface area contributed by atoms with Crippen LogP contribution in [0, 0.1) is 0 Å². The molecule has 2 heterocycles. The molecule has 3 fully saturated rings. The van der Waals surface area contributed by atoms with Crippen LogP contribution in [0.15, 0.2) is 4.99 Å². The van der Waals surface area contributed by atoms with Gasteiger partial charge in [-0.05, 0) is 38.6 Å². The molecule has 0 aromatic rings. The molecule has 100 valence electrons. The van der Waals surface area contributed by atoms with E-state index in [2.05, 4.69) is 27.4 Å². The summed E-state index contributed by atoms with van der Waals surface area (Å²) in [6.07, 6.45) is 5.29. The molecule has 18 heavy (non-hydrogen) atoms. The van der Waals surface area contributed by atoms with Gasteiger partial charge in [0.25, 0.3) is 5.91 Å². The summed E-state index contributed by atoms with van der Waals surface area (Å²) >= 11 is 0. The topological polar surface area (TPSA) is 56.7 Å². The molecule has 3 aliphatic rings. The van der Waals surface area contributed by atoms with Crippen LogP contribution in [-0.2, 0) is 4.79 Å². The van der Waals surface area contributed by atoms with Gasteiger partial charge in [-0.15, -0.1) is 0 Å². The molecule has 5 nitrogen and oxygen atoms in total. The zero-order valence-corrected chi connectivity index (χ0v) is 11.0. The molecule has 5 heteroatoms. The van der Waals surface area contributed by atoms with Crippen LogP contribution in [-0.4, -0.2) is 48.0 Å². The van der Waals surface area contributed by atoms with Crippen molar-refractivity contribution in [2.45, 2.75) is 50.6 Å². The van der Waals surface area contributed by atoms with Crippen LogP contribution in [0.4, 0.5) is 0 Å². The van der Waals surface area contributed by atoms with Gasteiger partial charge in [0.05, 0.1) is 6.04 Å². The van der Waals surface area contributed by atoms with Gasteiger partial charge < -0.3 is 10.2 Å². The fourth-order valence-electron chi connectivity index (χ4n) is 2.82. The van der Waals surface area contributed by atoms with Crippen LogP contribution in [0.25, 0.3) is 0 Å². The van der Waals surface area contributed by atoms with Crippen molar-refractivity contribution >= 4 is 11.9 Å². The third-order valence-electron chi connectivity index (χ3n) is 4.13. The van der Waals surface area contributed by atoms with E-state index in [-0.39, 0.29) is 11.4 Å². The molecule has 1 aliphatic carbocycles. The molecule has 0 bridgehead atoms. The third-order valence-corrected chi connectivity index (χ3v) is 4.13. The number of rotatable bonds is 3. The summed E-state index contributed by atoms with van der Waals surface area (Å²) in [5, 5.41) is 6.27. The molecular weight excluding hydrogens is 228 g/mol. The number of nitrogens with zero attached hydrogens (tertiary/aromatic N) is 2. The van der Waals surface area contributed by atoms with Crippen molar-refractivity contribution in [2.75, 3.05) is 19.6 Å². The number of hydrogen-bond donors (Lipinski definition) is 2. The first kappa shape index (κ1) is 12.0. The fourth-order valence-corrected chi connectivity index (χ4v) is 2.82. The lowest BCUT2D eigenvalue weighted by molar-refractivity contribution is -0.125. The van der Waals surface area contributed by atoms with Gasteiger partial charge >= 0.3 is 0 Å². The first-order valence-electron chi connectivity index (χ1n) is 7.12. The van der Waals surface area contributed by atoms with E-state index in [1.807, 2.05) is 0 Å². The monoisotopic (exact) mass is 250 g/mol. The van der Waals surface area contributed by atoms with Gasteiger partial charge in [0.2, 0.25) is 0 Å². The minimum Gasteiger partial charge on any atom is -0.342 e. The normalized spacial score (nSPS) is 29.6. The zero-order chi connectivity index (χ0) is 12.6. The fraction of sp³-hybridized carbons (Fsp3) is 0.846. The SMILES string of the molecule is CCCN1CCC2(CC1)NC(=NC1CC1)NC2=O. The Morgan fingerprint density at radius 2 is 2.11 bits per heavy atom. The van der Waals surface area contributed by atoms with Gasteiger partial charge in [0.15, 0.2) is 5.96 Å². The van der Waals surface area contributed by atoms with E-state index < -0.39 is 0 Å². The predicted octanol–water partition coefficient (Wildman–Crippen LogP) is 0.469. The predicted molar refractivity (Wildman–Crippen MR) is 70.4 cm³/mol. The lowest BCUT2D eigenvalue weighted by atomic mass is 9.88. The molecular formula is C13H22N4O. The molecule has 2 aliphatic heterocycles. The Hall–Kier alpha value is -1.10. The van der Waals surface area contributed by atoms with Crippen LogP contribution < -0.4 is 10.6 Å². The second kappa shape index (κ2) is 4.53. The van der Waals surface area contributed by atoms with E-state index in [9.17, 15) is 4.79 Å². The largest absolute Gasteiger partial charge is 0.342 e. The Bertz CT molecular complexity index is 367. The van der Waals surface area contributed by atoms with Crippen LogP contribution in [0.5, 0.6) is 0 Å². The van der Waals surface area contributed by atoms with Crippen molar-refractivity contribution in [3.8, 4) is 0 Å². The summed E-state index contributed by atoms with van der Waals surface area (Å²) in [4.78, 5) is 19.1. The van der Waals surface area contributed by atoms with Gasteiger partial charge in [-0.3, -0.25) is 10.1 Å². The number of piperidine rings is 1. The first-order valence-corrected chi connectivity index (χ1v) is 7.12. The lowest BCUT2D eigenvalue weighted by Crippen LogP contribution is -2.54. The Kier molecular flexibility index (Phi) is 3.01. The Labute approximate surface area is 108 Å². The molecule has 1 spiro atoms. The maximum atomic E-state index is 12.2. The summed E-state index contributed by atoms with van der Waals surface area (Å²) in [5.41, 5.74) is -0.377. The summed E-state index contributed by atoms with van der Waals surface area (Å²) in [5.74, 6) is 0.837. The summed E-state index contributed by atoms with van der Waals surface area (Å²) in [7, 11) is 0. The van der Waals surface area contributed by atoms with Crippen LogP contribution in [0.2, 0.25) is 0 Å². The number of guanidine groups is 1. The molecule has 2 saturated heterocycles. The Morgan fingerprint density at radius 3 is 2.72 bits per heavy atom.